The third kappa shape index (κ3) is 5.04. The van der Waals surface area contributed by atoms with E-state index in [0.717, 1.165) is 12.1 Å². The average Bonchev–Trinajstić information content (AvgIpc) is 3.36. The Morgan fingerprint density at radius 3 is 2.55 bits per heavy atom. The maximum Gasteiger partial charge on any atom is 0.573 e. The molecule has 3 N–H and O–H groups in total. The minimum atomic E-state index is -5.26. The summed E-state index contributed by atoms with van der Waals surface area (Å²) in [5.74, 6) is -4.54. The van der Waals surface area contributed by atoms with Crippen molar-refractivity contribution in [2.75, 3.05) is 10.6 Å². The van der Waals surface area contributed by atoms with Crippen molar-refractivity contribution in [2.24, 2.45) is 0 Å². The van der Waals surface area contributed by atoms with Crippen LogP contribution in [0.5, 0.6) is 5.75 Å². The van der Waals surface area contributed by atoms with Crippen LogP contribution in [0.3, 0.4) is 0 Å². The molecule has 5 rings (SSSR count). The van der Waals surface area contributed by atoms with Crippen LogP contribution < -0.4 is 15.4 Å². The molecule has 2 aromatic carbocycles. The monoisotopic (exact) mass is 527 g/mol. The number of nitrogens with one attached hydrogen (secondary N) is 3. The summed E-state index contributed by atoms with van der Waals surface area (Å²) in [6.07, 6.45) is -1.25. The number of alkyl halides is 3. The Morgan fingerprint density at radius 2 is 1.76 bits per heavy atom. The van der Waals surface area contributed by atoms with E-state index in [4.69, 9.17) is 0 Å². The average molecular weight is 527 g/mol. The molecule has 0 unspecified atom stereocenters. The van der Waals surface area contributed by atoms with Gasteiger partial charge in [0.05, 0.1) is 17.7 Å². The van der Waals surface area contributed by atoms with Crippen molar-refractivity contribution in [2.45, 2.75) is 6.36 Å². The molecule has 0 bridgehead atoms. The first-order chi connectivity index (χ1) is 18.2. The maximum absolute atomic E-state index is 15.2. The summed E-state index contributed by atoms with van der Waals surface area (Å²) in [6.45, 7) is 0. The summed E-state index contributed by atoms with van der Waals surface area (Å²) in [5, 5.41) is 4.84. The third-order valence-corrected chi connectivity index (χ3v) is 5.18. The van der Waals surface area contributed by atoms with Gasteiger partial charge in [0.2, 0.25) is 0 Å². The lowest BCUT2D eigenvalue weighted by Gasteiger charge is -2.16. The highest BCUT2D eigenvalue weighted by Crippen LogP contribution is 2.36. The number of aromatic nitrogens is 5. The summed E-state index contributed by atoms with van der Waals surface area (Å²) in [7, 11) is 0. The molecule has 192 valence electrons. The molecule has 0 radical (unpaired) electrons. The first-order valence-corrected chi connectivity index (χ1v) is 10.7. The smallest absolute Gasteiger partial charge is 0.403 e. The molecule has 0 aliphatic rings. The van der Waals surface area contributed by atoms with Gasteiger partial charge in [0.15, 0.2) is 17.2 Å². The van der Waals surface area contributed by atoms with Crippen molar-refractivity contribution in [3.05, 3.63) is 84.6 Å². The number of amides is 1. The van der Waals surface area contributed by atoms with Gasteiger partial charge in [-0.05, 0) is 36.4 Å². The van der Waals surface area contributed by atoms with Gasteiger partial charge in [-0.25, -0.2) is 28.7 Å². The lowest BCUT2D eigenvalue weighted by Crippen LogP contribution is -2.20. The standard InChI is InChI=1S/C24H14F5N7O2/c25-14-5-1-2-6-15(14)36-23(37)12-8-16(18(26)17(9-12)38-24(27,28)29)35-21-13(4-3-7-30-21)19-20-22(33-10-31-19)34-11-32-20/h1-11H,(H,30,35)(H,36,37)(H,31,32,33,34). The zero-order valence-electron chi connectivity index (χ0n) is 18.8. The van der Waals surface area contributed by atoms with Gasteiger partial charge in [-0.3, -0.25) is 4.79 Å². The molecule has 0 saturated heterocycles. The van der Waals surface area contributed by atoms with E-state index in [1.165, 1.54) is 37.1 Å². The normalized spacial score (nSPS) is 11.4. The number of H-pyrrole nitrogens is 1. The van der Waals surface area contributed by atoms with E-state index < -0.39 is 40.9 Å². The molecular weight excluding hydrogens is 513 g/mol. The molecule has 14 heteroatoms. The number of pyridine rings is 1. The van der Waals surface area contributed by atoms with Crippen molar-refractivity contribution >= 4 is 34.3 Å². The maximum atomic E-state index is 15.2. The van der Waals surface area contributed by atoms with Crippen LogP contribution in [-0.2, 0) is 0 Å². The Bertz CT molecular complexity index is 1660. The number of halogens is 5. The summed E-state index contributed by atoms with van der Waals surface area (Å²) >= 11 is 0. The first-order valence-electron chi connectivity index (χ1n) is 10.7. The molecule has 38 heavy (non-hydrogen) atoms. The van der Waals surface area contributed by atoms with Crippen LogP contribution >= 0.6 is 0 Å². The fraction of sp³-hybridized carbons (Fsp3) is 0.0417. The van der Waals surface area contributed by atoms with E-state index >= 15 is 4.39 Å². The fourth-order valence-corrected chi connectivity index (χ4v) is 3.56. The minimum absolute atomic E-state index is 0.0148. The van der Waals surface area contributed by atoms with Crippen LogP contribution in [0.1, 0.15) is 10.4 Å². The van der Waals surface area contributed by atoms with Crippen molar-refractivity contribution < 1.29 is 31.5 Å². The number of fused-ring (bicyclic) bond motifs is 1. The van der Waals surface area contributed by atoms with Gasteiger partial charge in [-0.2, -0.15) is 0 Å². The van der Waals surface area contributed by atoms with Crippen LogP contribution in [-0.4, -0.2) is 37.2 Å². The summed E-state index contributed by atoms with van der Waals surface area (Å²) in [5.41, 5.74) is 0.127. The second kappa shape index (κ2) is 9.72. The van der Waals surface area contributed by atoms with E-state index in [-0.39, 0.29) is 11.5 Å². The van der Waals surface area contributed by atoms with E-state index in [1.54, 1.807) is 12.1 Å². The molecule has 0 saturated carbocycles. The van der Waals surface area contributed by atoms with Crippen LogP contribution in [0.2, 0.25) is 0 Å². The molecular formula is C24H14F5N7O2. The number of benzene rings is 2. The minimum Gasteiger partial charge on any atom is -0.403 e. The SMILES string of the molecule is O=C(Nc1ccccc1F)c1cc(Nc2ncccc2-c2ncnc3[nH]cnc23)c(F)c(OC(F)(F)F)c1. The van der Waals surface area contributed by atoms with Gasteiger partial charge in [-0.1, -0.05) is 12.1 Å². The quantitative estimate of drug-likeness (QED) is 0.247. The van der Waals surface area contributed by atoms with E-state index in [0.29, 0.717) is 28.5 Å². The predicted octanol–water partition coefficient (Wildman–Crippen LogP) is 5.59. The summed E-state index contributed by atoms with van der Waals surface area (Å²) < 4.78 is 72.1. The number of rotatable bonds is 6. The van der Waals surface area contributed by atoms with Gasteiger partial charge in [0.1, 0.15) is 29.2 Å². The van der Waals surface area contributed by atoms with Gasteiger partial charge < -0.3 is 20.4 Å². The van der Waals surface area contributed by atoms with Crippen LogP contribution in [0.4, 0.5) is 39.1 Å². The second-order valence-corrected chi connectivity index (χ2v) is 7.66. The molecule has 0 atom stereocenters. The Labute approximate surface area is 209 Å². The van der Waals surface area contributed by atoms with E-state index in [1.807, 2.05) is 0 Å². The Kier molecular flexibility index (Phi) is 6.28. The molecule has 5 aromatic rings. The van der Waals surface area contributed by atoms with Crippen LogP contribution in [0.15, 0.2) is 67.4 Å². The third-order valence-electron chi connectivity index (χ3n) is 5.18. The van der Waals surface area contributed by atoms with E-state index in [2.05, 4.69) is 40.3 Å². The number of hydrogen-bond donors (Lipinski definition) is 3. The molecule has 0 spiro atoms. The lowest BCUT2D eigenvalue weighted by atomic mass is 10.1. The molecule has 9 nitrogen and oxygen atoms in total. The van der Waals surface area contributed by atoms with Crippen molar-refractivity contribution in [3.63, 3.8) is 0 Å². The van der Waals surface area contributed by atoms with Crippen molar-refractivity contribution in [1.29, 1.82) is 0 Å². The number of carbonyl (C=O) groups excluding carboxylic acids is 1. The summed E-state index contributed by atoms with van der Waals surface area (Å²) in [6, 6.07) is 9.80. The number of hydrogen-bond acceptors (Lipinski definition) is 7. The number of aromatic amines is 1. The Hall–Kier alpha value is -5.14. The molecule has 1 amide bonds. The van der Waals surface area contributed by atoms with Gasteiger partial charge >= 0.3 is 6.36 Å². The highest BCUT2D eigenvalue weighted by atomic mass is 19.4. The fourth-order valence-electron chi connectivity index (χ4n) is 3.56. The van der Waals surface area contributed by atoms with Gasteiger partial charge in [0.25, 0.3) is 5.91 Å². The van der Waals surface area contributed by atoms with Crippen LogP contribution in [0.25, 0.3) is 22.4 Å². The number of imidazole rings is 1. The van der Waals surface area contributed by atoms with Gasteiger partial charge in [-0.15, -0.1) is 13.2 Å². The molecule has 3 heterocycles. The lowest BCUT2D eigenvalue weighted by molar-refractivity contribution is -0.275. The topological polar surface area (TPSA) is 118 Å². The Morgan fingerprint density at radius 1 is 0.947 bits per heavy atom. The first kappa shape index (κ1) is 24.5. The summed E-state index contributed by atoms with van der Waals surface area (Å²) in [4.78, 5) is 32.2. The number of anilines is 3. The predicted molar refractivity (Wildman–Crippen MR) is 126 cm³/mol. The zero-order valence-corrected chi connectivity index (χ0v) is 18.8. The highest BCUT2D eigenvalue weighted by molar-refractivity contribution is 6.05. The van der Waals surface area contributed by atoms with Gasteiger partial charge in [0, 0.05) is 17.3 Å². The second-order valence-electron chi connectivity index (χ2n) is 7.66. The van der Waals surface area contributed by atoms with Crippen molar-refractivity contribution in [3.8, 4) is 17.0 Å². The Balaban J connectivity index is 1.57. The zero-order chi connectivity index (χ0) is 26.9. The molecule has 0 fully saturated rings. The molecule has 0 aliphatic heterocycles. The largest absolute Gasteiger partial charge is 0.573 e. The molecule has 3 aromatic heterocycles. The number of nitrogens with zero attached hydrogens (tertiary/aromatic N) is 4. The van der Waals surface area contributed by atoms with Crippen molar-refractivity contribution in [1.82, 2.24) is 24.9 Å². The molecule has 0 aliphatic carbocycles. The van der Waals surface area contributed by atoms with E-state index in [9.17, 15) is 22.4 Å². The van der Waals surface area contributed by atoms with Crippen LogP contribution in [0, 0.1) is 11.6 Å². The highest BCUT2D eigenvalue weighted by Gasteiger charge is 2.34. The number of ether oxygens (including phenoxy) is 1. The number of para-hydroxylation sites is 1. The number of carbonyl (C=O) groups is 1.